The summed E-state index contributed by atoms with van der Waals surface area (Å²) in [6, 6.07) is 6.33. The fourth-order valence-corrected chi connectivity index (χ4v) is 6.05. The molecule has 1 aliphatic carbocycles. The Morgan fingerprint density at radius 3 is 2.41 bits per heavy atom. The Morgan fingerprint density at radius 2 is 1.78 bits per heavy atom. The molecule has 1 saturated carbocycles. The summed E-state index contributed by atoms with van der Waals surface area (Å²) >= 11 is 1.43. The van der Waals surface area contributed by atoms with E-state index in [9.17, 15) is 28.5 Å². The van der Waals surface area contributed by atoms with Gasteiger partial charge in [0.2, 0.25) is 5.95 Å². The lowest BCUT2D eigenvalue weighted by Crippen LogP contribution is -2.35. The van der Waals surface area contributed by atoms with Crippen LogP contribution in [0, 0.1) is 19.8 Å². The lowest BCUT2D eigenvalue weighted by molar-refractivity contribution is -0.274. The summed E-state index contributed by atoms with van der Waals surface area (Å²) in [4.78, 5) is 18.4. The number of nitrogens with zero attached hydrogens (tertiary/aromatic N) is 4. The van der Waals surface area contributed by atoms with E-state index in [4.69, 9.17) is 9.97 Å². The SMILES string of the molecule is Cc1nc(NC(C)c2ccc(OC(F)(F)F)cc2)nc(N[C@@H]2C[C@H](CO)[C@@H](O)[C@H]2O)c1-c1nc2ccnc(C)c2s1. The van der Waals surface area contributed by atoms with Gasteiger partial charge in [0.15, 0.2) is 0 Å². The van der Waals surface area contributed by atoms with Gasteiger partial charge in [-0.2, -0.15) is 4.98 Å². The summed E-state index contributed by atoms with van der Waals surface area (Å²) < 4.78 is 42.4. The fourth-order valence-electron chi connectivity index (χ4n) is 4.95. The standard InChI is InChI=1S/C27H29F3N6O4S/c1-12(15-4-6-17(7-5-15)40-27(28,29)30)32-26-33-13(2)20(25-35-18-8-9-31-14(3)23(18)41-25)24(36-26)34-19-10-16(11-37)21(38)22(19)39/h4-9,12,16,19,21-22,37-39H,10-11H2,1-3H3,(H2,32,33,34,36)/t12?,16-,19-,21-,22+/m1/s1. The predicted octanol–water partition coefficient (Wildman–Crippen LogP) is 4.35. The minimum Gasteiger partial charge on any atom is -0.406 e. The number of aliphatic hydroxyl groups excluding tert-OH is 3. The van der Waals surface area contributed by atoms with Gasteiger partial charge in [0.05, 0.1) is 45.4 Å². The van der Waals surface area contributed by atoms with Crippen LogP contribution < -0.4 is 15.4 Å². The molecule has 5 rings (SSSR count). The Balaban J connectivity index is 1.48. The molecule has 3 aromatic heterocycles. The molecule has 5 atom stereocenters. The summed E-state index contributed by atoms with van der Waals surface area (Å²) in [5.74, 6) is -0.202. The van der Waals surface area contributed by atoms with E-state index in [1.54, 1.807) is 13.1 Å². The number of anilines is 2. The molecule has 14 heteroatoms. The second kappa shape index (κ2) is 11.4. The summed E-state index contributed by atoms with van der Waals surface area (Å²) in [6.45, 7) is 5.24. The average molecular weight is 591 g/mol. The maximum atomic E-state index is 12.5. The van der Waals surface area contributed by atoms with Crippen LogP contribution >= 0.6 is 11.3 Å². The van der Waals surface area contributed by atoms with Crippen molar-refractivity contribution in [3.63, 3.8) is 0 Å². The van der Waals surface area contributed by atoms with Crippen molar-refractivity contribution in [1.29, 1.82) is 0 Å². The number of fused-ring (bicyclic) bond motifs is 1. The molecule has 1 aromatic carbocycles. The van der Waals surface area contributed by atoms with Crippen LogP contribution in [0.5, 0.6) is 5.75 Å². The van der Waals surface area contributed by atoms with Crippen LogP contribution in [-0.4, -0.2) is 66.5 Å². The Labute approximate surface area is 237 Å². The molecule has 0 aliphatic heterocycles. The van der Waals surface area contributed by atoms with E-state index in [0.29, 0.717) is 34.1 Å². The Bertz CT molecular complexity index is 1530. The number of pyridine rings is 1. The second-order valence-corrected chi connectivity index (χ2v) is 11.0. The smallest absolute Gasteiger partial charge is 0.406 e. The van der Waals surface area contributed by atoms with Crippen LogP contribution in [0.15, 0.2) is 36.5 Å². The first-order valence-corrected chi connectivity index (χ1v) is 13.7. The number of thiazole rings is 1. The molecule has 3 heterocycles. The highest BCUT2D eigenvalue weighted by molar-refractivity contribution is 7.21. The monoisotopic (exact) mass is 590 g/mol. The van der Waals surface area contributed by atoms with Gasteiger partial charge < -0.3 is 30.7 Å². The number of rotatable bonds is 8. The van der Waals surface area contributed by atoms with Gasteiger partial charge in [-0.25, -0.2) is 9.97 Å². The number of ether oxygens (including phenoxy) is 1. The normalized spacial score (nSPS) is 21.7. The van der Waals surface area contributed by atoms with Gasteiger partial charge in [-0.3, -0.25) is 4.98 Å². The molecule has 0 amide bonds. The summed E-state index contributed by atoms with van der Waals surface area (Å²) in [7, 11) is 0. The first kappa shape index (κ1) is 28.9. The zero-order valence-electron chi connectivity index (χ0n) is 22.3. The molecule has 1 unspecified atom stereocenters. The quantitative estimate of drug-likeness (QED) is 0.201. The zero-order chi connectivity index (χ0) is 29.5. The number of aliphatic hydroxyl groups is 3. The number of benzene rings is 1. The third-order valence-electron chi connectivity index (χ3n) is 7.10. The van der Waals surface area contributed by atoms with Gasteiger partial charge >= 0.3 is 6.36 Å². The molecule has 10 nitrogen and oxygen atoms in total. The number of hydrogen-bond donors (Lipinski definition) is 5. The number of halogens is 3. The Kier molecular flexibility index (Phi) is 8.01. The van der Waals surface area contributed by atoms with E-state index in [-0.39, 0.29) is 24.3 Å². The van der Waals surface area contributed by atoms with Crippen LogP contribution in [0.2, 0.25) is 0 Å². The highest BCUT2D eigenvalue weighted by Gasteiger charge is 2.41. The lowest BCUT2D eigenvalue weighted by atomic mass is 10.1. The van der Waals surface area contributed by atoms with E-state index in [2.05, 4.69) is 25.3 Å². The third kappa shape index (κ3) is 6.20. The molecule has 1 aliphatic rings. The van der Waals surface area contributed by atoms with Crippen molar-refractivity contribution in [3.8, 4) is 16.3 Å². The van der Waals surface area contributed by atoms with E-state index in [1.165, 1.54) is 35.6 Å². The van der Waals surface area contributed by atoms with Crippen molar-refractivity contribution < 1.29 is 33.2 Å². The molecule has 5 N–H and O–H groups in total. The molecule has 0 radical (unpaired) electrons. The molecule has 0 saturated heterocycles. The van der Waals surface area contributed by atoms with Crippen LogP contribution in [-0.2, 0) is 0 Å². The van der Waals surface area contributed by atoms with E-state index < -0.39 is 30.5 Å². The maximum absolute atomic E-state index is 12.5. The van der Waals surface area contributed by atoms with Gasteiger partial charge in [0, 0.05) is 18.7 Å². The van der Waals surface area contributed by atoms with Crippen molar-refractivity contribution >= 4 is 33.3 Å². The minimum atomic E-state index is -4.78. The average Bonchev–Trinajstić information content (AvgIpc) is 3.45. The molecular weight excluding hydrogens is 561 g/mol. The molecule has 218 valence electrons. The number of aryl methyl sites for hydroxylation is 2. The summed E-state index contributed by atoms with van der Waals surface area (Å²) in [5, 5.41) is 37.8. The lowest BCUT2D eigenvalue weighted by Gasteiger charge is -2.22. The molecular formula is C27H29F3N6O4S. The van der Waals surface area contributed by atoms with Gasteiger partial charge in [0.25, 0.3) is 0 Å². The fraction of sp³-hybridized carbons (Fsp3) is 0.407. The van der Waals surface area contributed by atoms with E-state index >= 15 is 0 Å². The number of alkyl halides is 3. The summed E-state index contributed by atoms with van der Waals surface area (Å²) in [6.07, 6.45) is -5.01. The molecule has 0 bridgehead atoms. The second-order valence-electron chi connectivity index (χ2n) is 10.0. The summed E-state index contributed by atoms with van der Waals surface area (Å²) in [5.41, 5.74) is 3.48. The largest absolute Gasteiger partial charge is 0.573 e. The van der Waals surface area contributed by atoms with Crippen molar-refractivity contribution in [3.05, 3.63) is 53.5 Å². The van der Waals surface area contributed by atoms with Crippen LogP contribution in [0.4, 0.5) is 24.9 Å². The van der Waals surface area contributed by atoms with Gasteiger partial charge in [-0.1, -0.05) is 12.1 Å². The van der Waals surface area contributed by atoms with Crippen molar-refractivity contribution in [2.75, 3.05) is 17.2 Å². The minimum absolute atomic E-state index is 0.238. The van der Waals surface area contributed by atoms with E-state index in [0.717, 1.165) is 15.9 Å². The highest BCUT2D eigenvalue weighted by Crippen LogP contribution is 2.39. The number of hydrogen-bond acceptors (Lipinski definition) is 11. The number of aromatic nitrogens is 4. The molecule has 0 spiro atoms. The van der Waals surface area contributed by atoms with Crippen molar-refractivity contribution in [2.24, 2.45) is 5.92 Å². The highest BCUT2D eigenvalue weighted by atomic mass is 32.1. The zero-order valence-corrected chi connectivity index (χ0v) is 23.2. The first-order chi connectivity index (χ1) is 19.4. The van der Waals surface area contributed by atoms with Gasteiger partial charge in [-0.15, -0.1) is 24.5 Å². The van der Waals surface area contributed by atoms with Crippen LogP contribution in [0.1, 0.15) is 36.3 Å². The van der Waals surface area contributed by atoms with Crippen LogP contribution in [0.25, 0.3) is 20.8 Å². The van der Waals surface area contributed by atoms with E-state index in [1.807, 2.05) is 19.9 Å². The van der Waals surface area contributed by atoms with Gasteiger partial charge in [0.1, 0.15) is 22.7 Å². The maximum Gasteiger partial charge on any atom is 0.573 e. The molecule has 41 heavy (non-hydrogen) atoms. The first-order valence-electron chi connectivity index (χ1n) is 12.9. The predicted molar refractivity (Wildman–Crippen MR) is 148 cm³/mol. The molecule has 4 aromatic rings. The van der Waals surface area contributed by atoms with Crippen LogP contribution in [0.3, 0.4) is 0 Å². The number of nitrogens with one attached hydrogen (secondary N) is 2. The third-order valence-corrected chi connectivity index (χ3v) is 8.30. The topological polar surface area (TPSA) is 146 Å². The van der Waals surface area contributed by atoms with Crippen molar-refractivity contribution in [2.45, 2.75) is 57.8 Å². The van der Waals surface area contributed by atoms with Crippen molar-refractivity contribution in [1.82, 2.24) is 19.9 Å². The Morgan fingerprint density at radius 1 is 1.05 bits per heavy atom. The molecule has 1 fully saturated rings. The Hall–Kier alpha value is -3.59. The van der Waals surface area contributed by atoms with Gasteiger partial charge in [-0.05, 0) is 51.0 Å².